The molecule has 3 heteroatoms. The molecule has 64 valence electrons. The van der Waals surface area contributed by atoms with Gasteiger partial charge >= 0.3 is 5.97 Å². The van der Waals surface area contributed by atoms with Crippen LogP contribution in [0.4, 0.5) is 0 Å². The fourth-order valence-electron chi connectivity index (χ4n) is 0.587. The lowest BCUT2D eigenvalue weighted by Crippen LogP contribution is -2.24. The molecule has 0 atom stereocenters. The SMILES string of the molecule is C/C=C/CNCC(=O)OCC. The number of carbonyl (C=O) groups is 1. The van der Waals surface area contributed by atoms with Gasteiger partial charge in [-0.05, 0) is 13.8 Å². The Hall–Kier alpha value is -0.830. The predicted molar refractivity (Wildman–Crippen MR) is 44.3 cm³/mol. The zero-order chi connectivity index (χ0) is 8.53. The van der Waals surface area contributed by atoms with E-state index in [1.165, 1.54) is 0 Å². The Morgan fingerprint density at radius 3 is 2.91 bits per heavy atom. The summed E-state index contributed by atoms with van der Waals surface area (Å²) in [5.41, 5.74) is 0. The van der Waals surface area contributed by atoms with Gasteiger partial charge in [0.1, 0.15) is 0 Å². The summed E-state index contributed by atoms with van der Waals surface area (Å²) < 4.78 is 4.70. The summed E-state index contributed by atoms with van der Waals surface area (Å²) >= 11 is 0. The summed E-state index contributed by atoms with van der Waals surface area (Å²) in [5.74, 6) is -0.197. The lowest BCUT2D eigenvalue weighted by molar-refractivity contribution is -0.141. The van der Waals surface area contributed by atoms with Crippen molar-refractivity contribution >= 4 is 5.97 Å². The summed E-state index contributed by atoms with van der Waals surface area (Å²) in [7, 11) is 0. The number of hydrogen-bond acceptors (Lipinski definition) is 3. The standard InChI is InChI=1S/C8H15NO2/c1-3-5-6-9-7-8(10)11-4-2/h3,5,9H,4,6-7H2,1-2H3/b5-3+. The molecule has 0 radical (unpaired) electrons. The van der Waals surface area contributed by atoms with Crippen LogP contribution in [0.5, 0.6) is 0 Å². The van der Waals surface area contributed by atoms with E-state index >= 15 is 0 Å². The van der Waals surface area contributed by atoms with Gasteiger partial charge in [0.2, 0.25) is 0 Å². The minimum Gasteiger partial charge on any atom is -0.465 e. The fourth-order valence-corrected chi connectivity index (χ4v) is 0.587. The minimum atomic E-state index is -0.197. The van der Waals surface area contributed by atoms with Crippen molar-refractivity contribution in [3.63, 3.8) is 0 Å². The molecule has 0 aromatic carbocycles. The topological polar surface area (TPSA) is 38.3 Å². The van der Waals surface area contributed by atoms with Gasteiger partial charge in [-0.2, -0.15) is 0 Å². The Bertz CT molecular complexity index is 132. The maximum absolute atomic E-state index is 10.7. The fraction of sp³-hybridized carbons (Fsp3) is 0.625. The molecule has 0 heterocycles. The van der Waals surface area contributed by atoms with Crippen molar-refractivity contribution in [2.24, 2.45) is 0 Å². The summed E-state index contributed by atoms with van der Waals surface area (Å²) in [5, 5.41) is 2.91. The molecule has 0 amide bonds. The van der Waals surface area contributed by atoms with E-state index in [2.05, 4.69) is 5.32 Å². The van der Waals surface area contributed by atoms with Crippen molar-refractivity contribution in [1.82, 2.24) is 5.32 Å². The van der Waals surface area contributed by atoms with Crippen LogP contribution in [-0.4, -0.2) is 25.7 Å². The molecule has 0 unspecified atom stereocenters. The first-order valence-electron chi connectivity index (χ1n) is 3.78. The highest BCUT2D eigenvalue weighted by molar-refractivity contribution is 5.71. The highest BCUT2D eigenvalue weighted by Crippen LogP contribution is 1.75. The number of rotatable bonds is 5. The summed E-state index contributed by atoms with van der Waals surface area (Å²) in [6, 6.07) is 0. The van der Waals surface area contributed by atoms with Crippen molar-refractivity contribution in [3.8, 4) is 0 Å². The van der Waals surface area contributed by atoms with Crippen LogP contribution in [-0.2, 0) is 9.53 Å². The van der Waals surface area contributed by atoms with E-state index in [1.807, 2.05) is 19.1 Å². The maximum atomic E-state index is 10.7. The molecule has 0 aliphatic carbocycles. The van der Waals surface area contributed by atoms with Crippen LogP contribution in [0.2, 0.25) is 0 Å². The molecule has 0 rings (SSSR count). The second-order valence-corrected chi connectivity index (χ2v) is 2.00. The lowest BCUT2D eigenvalue weighted by atomic mass is 10.5. The Balaban J connectivity index is 3.17. The first-order valence-corrected chi connectivity index (χ1v) is 3.78. The third-order valence-corrected chi connectivity index (χ3v) is 1.07. The van der Waals surface area contributed by atoms with Crippen molar-refractivity contribution in [2.75, 3.05) is 19.7 Å². The van der Waals surface area contributed by atoms with E-state index < -0.39 is 0 Å². The maximum Gasteiger partial charge on any atom is 0.319 e. The molecule has 0 aromatic rings. The summed E-state index contributed by atoms with van der Waals surface area (Å²) in [6.45, 7) is 5.19. The molecule has 0 fully saturated rings. The average Bonchev–Trinajstić information content (AvgIpc) is 1.99. The van der Waals surface area contributed by atoms with Crippen LogP contribution in [0, 0.1) is 0 Å². The zero-order valence-corrected chi connectivity index (χ0v) is 7.09. The van der Waals surface area contributed by atoms with Crippen LogP contribution in [0.15, 0.2) is 12.2 Å². The first-order chi connectivity index (χ1) is 5.31. The normalized spacial score (nSPS) is 10.4. The molecule has 3 nitrogen and oxygen atoms in total. The lowest BCUT2D eigenvalue weighted by Gasteiger charge is -2.00. The molecule has 0 saturated heterocycles. The highest BCUT2D eigenvalue weighted by atomic mass is 16.5. The van der Waals surface area contributed by atoms with Gasteiger partial charge in [0.15, 0.2) is 0 Å². The molecule has 0 aromatic heterocycles. The number of ether oxygens (including phenoxy) is 1. The van der Waals surface area contributed by atoms with Gasteiger partial charge in [0.25, 0.3) is 0 Å². The van der Waals surface area contributed by atoms with Crippen molar-refractivity contribution < 1.29 is 9.53 Å². The second kappa shape index (κ2) is 7.28. The number of allylic oxidation sites excluding steroid dienone is 1. The van der Waals surface area contributed by atoms with Crippen LogP contribution < -0.4 is 5.32 Å². The quantitative estimate of drug-likeness (QED) is 0.363. The van der Waals surface area contributed by atoms with Crippen LogP contribution in [0.3, 0.4) is 0 Å². The zero-order valence-electron chi connectivity index (χ0n) is 7.09. The Morgan fingerprint density at radius 1 is 1.64 bits per heavy atom. The van der Waals surface area contributed by atoms with Crippen LogP contribution in [0.1, 0.15) is 13.8 Å². The molecule has 0 aliphatic heterocycles. The van der Waals surface area contributed by atoms with Gasteiger partial charge in [0.05, 0.1) is 13.2 Å². The molecule has 0 aliphatic rings. The smallest absolute Gasteiger partial charge is 0.319 e. The van der Waals surface area contributed by atoms with E-state index in [0.717, 1.165) is 6.54 Å². The van der Waals surface area contributed by atoms with E-state index in [4.69, 9.17) is 4.74 Å². The van der Waals surface area contributed by atoms with Crippen molar-refractivity contribution in [3.05, 3.63) is 12.2 Å². The number of esters is 1. The largest absolute Gasteiger partial charge is 0.465 e. The third kappa shape index (κ3) is 7.06. The van der Waals surface area contributed by atoms with Gasteiger partial charge in [0, 0.05) is 6.54 Å². The van der Waals surface area contributed by atoms with Gasteiger partial charge < -0.3 is 10.1 Å². The molecular weight excluding hydrogens is 142 g/mol. The van der Waals surface area contributed by atoms with Gasteiger partial charge in [-0.1, -0.05) is 12.2 Å². The number of carbonyl (C=O) groups excluding carboxylic acids is 1. The van der Waals surface area contributed by atoms with Gasteiger partial charge in [-0.25, -0.2) is 0 Å². The summed E-state index contributed by atoms with van der Waals surface area (Å²) in [4.78, 5) is 10.7. The van der Waals surface area contributed by atoms with Gasteiger partial charge in [-0.3, -0.25) is 4.79 Å². The van der Waals surface area contributed by atoms with Gasteiger partial charge in [-0.15, -0.1) is 0 Å². The molecule has 0 saturated carbocycles. The van der Waals surface area contributed by atoms with Crippen molar-refractivity contribution in [1.29, 1.82) is 0 Å². The molecule has 0 bridgehead atoms. The Kier molecular flexibility index (Phi) is 6.73. The minimum absolute atomic E-state index is 0.197. The predicted octanol–water partition coefficient (Wildman–Crippen LogP) is 0.715. The van der Waals surface area contributed by atoms with E-state index in [9.17, 15) is 4.79 Å². The van der Waals surface area contributed by atoms with Crippen LogP contribution in [0.25, 0.3) is 0 Å². The third-order valence-electron chi connectivity index (χ3n) is 1.07. The number of nitrogens with one attached hydrogen (secondary N) is 1. The monoisotopic (exact) mass is 157 g/mol. The Labute approximate surface area is 67.4 Å². The molecule has 1 N–H and O–H groups in total. The molecule has 0 spiro atoms. The van der Waals surface area contributed by atoms with E-state index in [1.54, 1.807) is 6.92 Å². The van der Waals surface area contributed by atoms with Crippen molar-refractivity contribution in [2.45, 2.75) is 13.8 Å². The Morgan fingerprint density at radius 2 is 2.36 bits per heavy atom. The number of hydrogen-bond donors (Lipinski definition) is 1. The van der Waals surface area contributed by atoms with E-state index in [0.29, 0.717) is 6.61 Å². The average molecular weight is 157 g/mol. The van der Waals surface area contributed by atoms with Crippen LogP contribution >= 0.6 is 0 Å². The first kappa shape index (κ1) is 10.2. The second-order valence-electron chi connectivity index (χ2n) is 2.00. The molecular formula is C8H15NO2. The molecule has 11 heavy (non-hydrogen) atoms. The van der Waals surface area contributed by atoms with E-state index in [-0.39, 0.29) is 12.5 Å². The highest BCUT2D eigenvalue weighted by Gasteiger charge is 1.97. The summed E-state index contributed by atoms with van der Waals surface area (Å²) in [6.07, 6.45) is 3.87.